The van der Waals surface area contributed by atoms with Gasteiger partial charge in [-0.05, 0) is 71.8 Å². The van der Waals surface area contributed by atoms with Crippen molar-refractivity contribution in [3.63, 3.8) is 0 Å². The predicted molar refractivity (Wildman–Crippen MR) is 94.6 cm³/mol. The van der Waals surface area contributed by atoms with Crippen LogP contribution in [0.4, 0.5) is 4.79 Å². The van der Waals surface area contributed by atoms with Gasteiger partial charge in [-0.3, -0.25) is 0 Å². The maximum Gasteiger partial charge on any atom is 0.410 e. The zero-order valence-electron chi connectivity index (χ0n) is 15.6. The molecule has 1 aliphatic heterocycles. The first-order valence-electron chi connectivity index (χ1n) is 9.56. The Balaban J connectivity index is 1.63. The van der Waals surface area contributed by atoms with E-state index in [0.717, 1.165) is 38.4 Å². The Morgan fingerprint density at radius 1 is 1.22 bits per heavy atom. The predicted octanol–water partition coefficient (Wildman–Crippen LogP) is 4.19. The maximum atomic E-state index is 12.1. The maximum absolute atomic E-state index is 12.1. The van der Waals surface area contributed by atoms with Gasteiger partial charge in [0.1, 0.15) is 5.60 Å². The van der Waals surface area contributed by atoms with E-state index in [1.807, 2.05) is 25.7 Å². The highest BCUT2D eigenvalue weighted by Gasteiger charge is 2.29. The number of likely N-dealkylation sites (tertiary alicyclic amines) is 1. The van der Waals surface area contributed by atoms with E-state index in [0.29, 0.717) is 12.0 Å². The van der Waals surface area contributed by atoms with Crippen molar-refractivity contribution in [1.29, 1.82) is 0 Å². The van der Waals surface area contributed by atoms with Crippen LogP contribution in [0.25, 0.3) is 0 Å². The number of rotatable bonds is 5. The average Bonchev–Trinajstić information content (AvgIpc) is 2.95. The average molecular weight is 325 g/mol. The lowest BCUT2D eigenvalue weighted by Gasteiger charge is -2.28. The summed E-state index contributed by atoms with van der Waals surface area (Å²) in [5.74, 6) is 1.49. The van der Waals surface area contributed by atoms with Crippen LogP contribution in [0, 0.1) is 11.8 Å². The third kappa shape index (κ3) is 6.33. The van der Waals surface area contributed by atoms with Crippen LogP contribution in [0.3, 0.4) is 0 Å². The molecule has 2 rings (SSSR count). The minimum absolute atomic E-state index is 0.150. The van der Waals surface area contributed by atoms with Gasteiger partial charge in [0.05, 0.1) is 0 Å². The van der Waals surface area contributed by atoms with Gasteiger partial charge in [-0.15, -0.1) is 0 Å². The van der Waals surface area contributed by atoms with Crippen molar-refractivity contribution in [3.05, 3.63) is 0 Å². The van der Waals surface area contributed by atoms with E-state index in [9.17, 15) is 4.79 Å². The molecule has 0 aromatic rings. The Morgan fingerprint density at radius 2 is 1.91 bits per heavy atom. The number of hydrogen-bond donors (Lipinski definition) is 1. The van der Waals surface area contributed by atoms with Gasteiger partial charge in [0.25, 0.3) is 0 Å². The fourth-order valence-corrected chi connectivity index (χ4v) is 3.88. The largest absolute Gasteiger partial charge is 0.444 e. The molecule has 0 radical (unpaired) electrons. The summed E-state index contributed by atoms with van der Waals surface area (Å²) in [4.78, 5) is 14.0. The van der Waals surface area contributed by atoms with E-state index >= 15 is 0 Å². The number of nitrogens with zero attached hydrogens (tertiary/aromatic N) is 1. The zero-order valence-corrected chi connectivity index (χ0v) is 15.6. The van der Waals surface area contributed by atoms with E-state index in [-0.39, 0.29) is 6.09 Å². The van der Waals surface area contributed by atoms with E-state index in [4.69, 9.17) is 4.74 Å². The molecule has 2 aliphatic rings. The van der Waals surface area contributed by atoms with Crippen LogP contribution in [-0.2, 0) is 4.74 Å². The number of ether oxygens (including phenoxy) is 1. The van der Waals surface area contributed by atoms with Crippen molar-refractivity contribution in [2.45, 2.75) is 84.3 Å². The Kier molecular flexibility index (Phi) is 6.75. The highest BCUT2D eigenvalue weighted by atomic mass is 16.6. The molecular formula is C19H36N2O2. The first-order valence-corrected chi connectivity index (χ1v) is 9.56. The smallest absolute Gasteiger partial charge is 0.410 e. The van der Waals surface area contributed by atoms with Crippen LogP contribution < -0.4 is 5.32 Å². The van der Waals surface area contributed by atoms with Gasteiger partial charge in [0.2, 0.25) is 0 Å². The molecule has 2 atom stereocenters. The molecule has 0 bridgehead atoms. The fourth-order valence-electron chi connectivity index (χ4n) is 3.88. The zero-order chi connectivity index (χ0) is 16.9. The van der Waals surface area contributed by atoms with Crippen molar-refractivity contribution in [3.8, 4) is 0 Å². The first-order chi connectivity index (χ1) is 10.8. The standard InChI is InChI=1S/C19H36N2O2/c1-15(17-8-6-5-7-9-17)20-12-10-16-11-13-21(14-16)18(22)23-19(2,3)4/h15-17,20H,5-14H2,1-4H3. The molecule has 4 heteroatoms. The quantitative estimate of drug-likeness (QED) is 0.824. The lowest BCUT2D eigenvalue weighted by atomic mass is 9.84. The third-order valence-electron chi connectivity index (χ3n) is 5.31. The van der Waals surface area contributed by atoms with E-state index < -0.39 is 5.60 Å². The Morgan fingerprint density at radius 3 is 2.57 bits per heavy atom. The minimum atomic E-state index is -0.397. The van der Waals surface area contributed by atoms with Gasteiger partial charge in [0, 0.05) is 19.1 Å². The normalized spacial score (nSPS) is 24.7. The Labute approximate surface area is 142 Å². The summed E-state index contributed by atoms with van der Waals surface area (Å²) in [5.41, 5.74) is -0.397. The highest BCUT2D eigenvalue weighted by molar-refractivity contribution is 5.68. The lowest BCUT2D eigenvalue weighted by Crippen LogP contribution is -2.37. The molecule has 0 aromatic carbocycles. The summed E-state index contributed by atoms with van der Waals surface area (Å²) in [6, 6.07) is 0.638. The van der Waals surface area contributed by atoms with Crippen molar-refractivity contribution in [2.75, 3.05) is 19.6 Å². The first kappa shape index (κ1) is 18.6. The minimum Gasteiger partial charge on any atom is -0.444 e. The molecular weight excluding hydrogens is 288 g/mol. The van der Waals surface area contributed by atoms with Gasteiger partial charge in [-0.25, -0.2) is 4.79 Å². The van der Waals surface area contributed by atoms with Crippen LogP contribution in [0.1, 0.15) is 72.6 Å². The van der Waals surface area contributed by atoms with Gasteiger partial charge in [0.15, 0.2) is 0 Å². The van der Waals surface area contributed by atoms with Gasteiger partial charge in [-0.2, -0.15) is 0 Å². The van der Waals surface area contributed by atoms with Gasteiger partial charge < -0.3 is 15.0 Å². The Hall–Kier alpha value is -0.770. The van der Waals surface area contributed by atoms with Crippen LogP contribution in [0.5, 0.6) is 0 Å². The monoisotopic (exact) mass is 324 g/mol. The number of amides is 1. The van der Waals surface area contributed by atoms with E-state index in [1.165, 1.54) is 32.1 Å². The van der Waals surface area contributed by atoms with Crippen molar-refractivity contribution >= 4 is 6.09 Å². The molecule has 1 amide bonds. The molecule has 23 heavy (non-hydrogen) atoms. The second-order valence-electron chi connectivity index (χ2n) is 8.51. The van der Waals surface area contributed by atoms with Crippen molar-refractivity contribution in [1.82, 2.24) is 10.2 Å². The summed E-state index contributed by atoms with van der Waals surface area (Å²) in [5, 5.41) is 3.73. The second kappa shape index (κ2) is 8.36. The molecule has 1 saturated heterocycles. The second-order valence-corrected chi connectivity index (χ2v) is 8.51. The molecule has 1 saturated carbocycles. The molecule has 0 aromatic heterocycles. The van der Waals surface area contributed by atoms with Crippen LogP contribution in [-0.4, -0.2) is 42.3 Å². The van der Waals surface area contributed by atoms with Crippen LogP contribution in [0.2, 0.25) is 0 Å². The highest BCUT2D eigenvalue weighted by Crippen LogP contribution is 2.26. The lowest BCUT2D eigenvalue weighted by molar-refractivity contribution is 0.0287. The summed E-state index contributed by atoms with van der Waals surface area (Å²) in [6.07, 6.45) is 9.15. The topological polar surface area (TPSA) is 41.6 Å². The molecule has 1 aliphatic carbocycles. The third-order valence-corrected chi connectivity index (χ3v) is 5.31. The van der Waals surface area contributed by atoms with Crippen LogP contribution in [0.15, 0.2) is 0 Å². The molecule has 2 unspecified atom stereocenters. The summed E-state index contributed by atoms with van der Waals surface area (Å²) in [7, 11) is 0. The summed E-state index contributed by atoms with van der Waals surface area (Å²) >= 11 is 0. The van der Waals surface area contributed by atoms with Crippen molar-refractivity contribution < 1.29 is 9.53 Å². The number of carbonyl (C=O) groups is 1. The number of nitrogens with one attached hydrogen (secondary N) is 1. The van der Waals surface area contributed by atoms with Crippen molar-refractivity contribution in [2.24, 2.45) is 11.8 Å². The number of hydrogen-bond acceptors (Lipinski definition) is 3. The Bertz CT molecular complexity index is 372. The van der Waals surface area contributed by atoms with E-state index in [1.54, 1.807) is 0 Å². The molecule has 1 N–H and O–H groups in total. The fraction of sp³-hybridized carbons (Fsp3) is 0.947. The molecule has 134 valence electrons. The van der Waals surface area contributed by atoms with E-state index in [2.05, 4.69) is 12.2 Å². The van der Waals surface area contributed by atoms with Crippen LogP contribution >= 0.6 is 0 Å². The van der Waals surface area contributed by atoms with Gasteiger partial charge >= 0.3 is 6.09 Å². The summed E-state index contributed by atoms with van der Waals surface area (Å²) in [6.45, 7) is 10.9. The SMILES string of the molecule is CC(NCCC1CCN(C(=O)OC(C)(C)C)C1)C1CCCCC1. The molecule has 0 spiro atoms. The molecule has 4 nitrogen and oxygen atoms in total. The number of carbonyl (C=O) groups excluding carboxylic acids is 1. The molecule has 1 heterocycles. The molecule has 2 fully saturated rings. The summed E-state index contributed by atoms with van der Waals surface area (Å²) < 4.78 is 5.46. The van der Waals surface area contributed by atoms with Gasteiger partial charge in [-0.1, -0.05) is 19.3 Å².